The van der Waals surface area contributed by atoms with Gasteiger partial charge in [0.2, 0.25) is 0 Å². The van der Waals surface area contributed by atoms with Gasteiger partial charge in [-0.2, -0.15) is 12.1 Å². The van der Waals surface area contributed by atoms with Crippen LogP contribution in [0.3, 0.4) is 0 Å². The monoisotopic (exact) mass is 853 g/mol. The SMILES string of the molecule is Cc1ccccc1-c1ccnc(-n2c3[c-]c(N(c4[c-]c(-n5[cH+]n(C(C)C)c6ccccc65)ccc4)c4ccccc4)ccc3c3ccccc32)c1.[Pt]. The third-order valence-corrected chi connectivity index (χ3v) is 9.73. The Kier molecular flexibility index (Phi) is 8.82. The molecule has 0 fully saturated rings. The molecule has 0 amide bonds. The third-order valence-electron chi connectivity index (χ3n) is 9.73. The van der Waals surface area contributed by atoms with Crippen LogP contribution in [0, 0.1) is 19.1 Å². The second-order valence-electron chi connectivity index (χ2n) is 13.2. The topological polar surface area (TPSA) is 30.9 Å². The molecule has 0 aliphatic rings. The molecule has 3 heterocycles. The molecule has 0 atom stereocenters. The van der Waals surface area contributed by atoms with Crippen LogP contribution in [0.25, 0.3) is 55.5 Å². The van der Waals surface area contributed by atoms with Crippen LogP contribution in [0.4, 0.5) is 17.1 Å². The number of fused-ring (bicyclic) bond motifs is 4. The Morgan fingerprint density at radius 1 is 0.654 bits per heavy atom. The van der Waals surface area contributed by atoms with Gasteiger partial charge in [-0.1, -0.05) is 83.6 Å². The van der Waals surface area contributed by atoms with Crippen molar-refractivity contribution in [3.05, 3.63) is 176 Å². The van der Waals surface area contributed by atoms with Gasteiger partial charge >= 0.3 is 0 Å². The fourth-order valence-electron chi connectivity index (χ4n) is 7.29. The van der Waals surface area contributed by atoms with Crippen molar-refractivity contribution < 1.29 is 21.1 Å². The standard InChI is InChI=1S/C46H36N5.Pt/c1-32(2)48-31-49(44-23-12-11-22-43(44)48)36-17-13-18-37(29-36)50(35-15-5-4-6-16-35)38-24-25-41-40-20-9-10-21-42(40)51(45(41)30-38)46-28-34(26-27-47-46)39-19-8-7-14-33(39)3;/h4-28,31-32H,1-3H3;/q-1;. The number of para-hydroxylation sites is 4. The number of pyridine rings is 1. The molecule has 6 aromatic carbocycles. The number of rotatable bonds is 7. The molecule has 0 saturated carbocycles. The Hall–Kier alpha value is -5.77. The number of anilines is 3. The van der Waals surface area contributed by atoms with Crippen LogP contribution >= 0.6 is 0 Å². The molecule has 0 aliphatic heterocycles. The van der Waals surface area contributed by atoms with Gasteiger partial charge in [-0.3, -0.25) is 0 Å². The zero-order chi connectivity index (χ0) is 34.5. The molecule has 9 rings (SSSR count). The third kappa shape index (κ3) is 5.72. The van der Waals surface area contributed by atoms with Gasteiger partial charge in [-0.05, 0) is 85.3 Å². The van der Waals surface area contributed by atoms with Crippen LogP contribution in [-0.4, -0.2) is 18.7 Å². The predicted molar refractivity (Wildman–Crippen MR) is 211 cm³/mol. The normalized spacial score (nSPS) is 11.4. The van der Waals surface area contributed by atoms with Crippen molar-refractivity contribution in [2.45, 2.75) is 26.8 Å². The molecule has 0 bridgehead atoms. The second kappa shape index (κ2) is 13.7. The fourth-order valence-corrected chi connectivity index (χ4v) is 7.29. The summed E-state index contributed by atoms with van der Waals surface area (Å²) in [6, 6.07) is 59.1. The minimum Gasteiger partial charge on any atom is -0.358 e. The van der Waals surface area contributed by atoms with Crippen LogP contribution in [-0.2, 0) is 21.1 Å². The largest absolute Gasteiger partial charge is 0.358 e. The van der Waals surface area contributed by atoms with Gasteiger partial charge < -0.3 is 9.47 Å². The van der Waals surface area contributed by atoms with Gasteiger partial charge in [0.05, 0.1) is 6.04 Å². The minimum atomic E-state index is 0. The fraction of sp³-hybridized carbons (Fsp3) is 0.0870. The maximum absolute atomic E-state index is 4.93. The number of nitrogens with zero attached hydrogens (tertiary/aromatic N) is 5. The molecule has 0 N–H and O–H groups in total. The van der Waals surface area contributed by atoms with E-state index in [1.807, 2.05) is 6.20 Å². The first-order valence-corrected chi connectivity index (χ1v) is 17.4. The Morgan fingerprint density at radius 3 is 2.17 bits per heavy atom. The van der Waals surface area contributed by atoms with Crippen molar-refractivity contribution in [3.8, 4) is 22.6 Å². The first kappa shape index (κ1) is 33.4. The first-order valence-electron chi connectivity index (χ1n) is 17.4. The van der Waals surface area contributed by atoms with E-state index in [-0.39, 0.29) is 21.1 Å². The van der Waals surface area contributed by atoms with E-state index in [2.05, 4.69) is 203 Å². The maximum atomic E-state index is 4.93. The van der Waals surface area contributed by atoms with Crippen LogP contribution in [0.5, 0.6) is 0 Å². The van der Waals surface area contributed by atoms with Gasteiger partial charge in [0, 0.05) is 56.3 Å². The van der Waals surface area contributed by atoms with Crippen molar-refractivity contribution >= 4 is 49.9 Å². The van der Waals surface area contributed by atoms with E-state index in [0.717, 1.165) is 61.5 Å². The average Bonchev–Trinajstić information content (AvgIpc) is 3.72. The van der Waals surface area contributed by atoms with E-state index >= 15 is 0 Å². The van der Waals surface area contributed by atoms with E-state index in [9.17, 15) is 0 Å². The summed E-state index contributed by atoms with van der Waals surface area (Å²) in [7, 11) is 0. The van der Waals surface area contributed by atoms with Crippen LogP contribution < -0.4 is 4.90 Å². The van der Waals surface area contributed by atoms with Gasteiger partial charge in [0.1, 0.15) is 5.82 Å². The molecule has 5 nitrogen and oxygen atoms in total. The maximum Gasteiger partial charge on any atom is 0.188 e. The summed E-state index contributed by atoms with van der Waals surface area (Å²) in [6.45, 7) is 6.59. The van der Waals surface area contributed by atoms with Crippen LogP contribution in [0.15, 0.2) is 158 Å². The van der Waals surface area contributed by atoms with Gasteiger partial charge in [0.25, 0.3) is 0 Å². The summed E-state index contributed by atoms with van der Waals surface area (Å²) in [6.07, 6.45) is 4.10. The van der Waals surface area contributed by atoms with Crippen molar-refractivity contribution in [2.75, 3.05) is 4.90 Å². The van der Waals surface area contributed by atoms with Gasteiger partial charge in [-0.15, -0.1) is 29.7 Å². The number of imidazole rings is 1. The van der Waals surface area contributed by atoms with E-state index < -0.39 is 0 Å². The van der Waals surface area contributed by atoms with Gasteiger partial charge in [0.15, 0.2) is 17.4 Å². The Bertz CT molecular complexity index is 2710. The molecule has 6 heteroatoms. The number of hydrogen-bond donors (Lipinski definition) is 0. The van der Waals surface area contributed by atoms with Crippen LogP contribution in [0.1, 0.15) is 25.5 Å². The number of benzene rings is 6. The van der Waals surface area contributed by atoms with Crippen molar-refractivity contribution in [2.24, 2.45) is 0 Å². The van der Waals surface area contributed by atoms with E-state index in [1.165, 1.54) is 16.6 Å². The summed E-state index contributed by atoms with van der Waals surface area (Å²) < 4.78 is 6.79. The zero-order valence-corrected chi connectivity index (χ0v) is 31.4. The molecule has 0 aliphatic carbocycles. The molecule has 0 radical (unpaired) electrons. The summed E-state index contributed by atoms with van der Waals surface area (Å²) in [4.78, 5) is 7.17. The second-order valence-corrected chi connectivity index (χ2v) is 13.2. The zero-order valence-electron chi connectivity index (χ0n) is 29.1. The molecular weight excluding hydrogens is 818 g/mol. The smallest absolute Gasteiger partial charge is 0.188 e. The Balaban J connectivity index is 0.00000387. The number of aromatic nitrogens is 4. The number of hydrogen-bond acceptors (Lipinski definition) is 2. The van der Waals surface area contributed by atoms with Crippen molar-refractivity contribution in [3.63, 3.8) is 0 Å². The molecule has 256 valence electrons. The van der Waals surface area contributed by atoms with E-state index in [4.69, 9.17) is 4.98 Å². The average molecular weight is 854 g/mol. The molecular formula is C46H36N5Pt-. The molecule has 0 unspecified atom stereocenters. The summed E-state index contributed by atoms with van der Waals surface area (Å²) >= 11 is 0. The van der Waals surface area contributed by atoms with Gasteiger partial charge in [-0.25, -0.2) is 14.1 Å². The molecule has 0 saturated heterocycles. The van der Waals surface area contributed by atoms with E-state index in [0.29, 0.717) is 6.04 Å². The molecule has 52 heavy (non-hydrogen) atoms. The molecule has 9 aromatic rings. The summed E-state index contributed by atoms with van der Waals surface area (Å²) in [5.41, 5.74) is 11.8. The molecule has 0 spiro atoms. The summed E-state index contributed by atoms with van der Waals surface area (Å²) in [5.74, 6) is 0.855. The van der Waals surface area contributed by atoms with E-state index in [1.54, 1.807) is 0 Å². The minimum absolute atomic E-state index is 0. The summed E-state index contributed by atoms with van der Waals surface area (Å²) in [5, 5.41) is 2.29. The first-order chi connectivity index (χ1) is 25.0. The van der Waals surface area contributed by atoms with Crippen molar-refractivity contribution in [1.29, 1.82) is 0 Å². The Morgan fingerprint density at radius 2 is 1.37 bits per heavy atom. The quantitative estimate of drug-likeness (QED) is 0.150. The van der Waals surface area contributed by atoms with Crippen LogP contribution in [0.2, 0.25) is 0 Å². The Labute approximate surface area is 318 Å². The van der Waals surface area contributed by atoms with Crippen molar-refractivity contribution in [1.82, 2.24) is 18.7 Å². The number of aryl methyl sites for hydroxylation is 1. The molecule has 3 aromatic heterocycles. The predicted octanol–water partition coefficient (Wildman–Crippen LogP) is 11.8.